The molecule has 1 atom stereocenters. The lowest BCUT2D eigenvalue weighted by Gasteiger charge is -2.32. The van der Waals surface area contributed by atoms with E-state index in [1.807, 2.05) is 26.0 Å². The first-order valence-electron chi connectivity index (χ1n) is 9.10. The summed E-state index contributed by atoms with van der Waals surface area (Å²) in [7, 11) is 0. The van der Waals surface area contributed by atoms with Crippen molar-refractivity contribution in [3.05, 3.63) is 53.1 Å². The molecular formula is C20H25FN4O. The smallest absolute Gasteiger partial charge is 0.225 e. The molecule has 138 valence electrons. The molecule has 1 aliphatic heterocycles. The zero-order valence-corrected chi connectivity index (χ0v) is 15.3. The quantitative estimate of drug-likeness (QED) is 0.895. The standard InChI is InChI=1S/C20H25FN4O/c1-14-11-15(2)24-20(23-14)25-10-4-6-17(13-25)19(26)22-9-8-16-5-3-7-18(21)12-16/h3,5,7,11-12,17H,4,6,8-10,13H2,1-2H3,(H,22,26)/t17-/m1/s1. The van der Waals surface area contributed by atoms with E-state index in [0.29, 0.717) is 25.5 Å². The monoisotopic (exact) mass is 356 g/mol. The van der Waals surface area contributed by atoms with E-state index in [1.54, 1.807) is 6.07 Å². The van der Waals surface area contributed by atoms with Crippen LogP contribution in [0.1, 0.15) is 29.8 Å². The molecule has 1 amide bonds. The number of anilines is 1. The van der Waals surface area contributed by atoms with E-state index in [2.05, 4.69) is 20.2 Å². The number of piperidine rings is 1. The van der Waals surface area contributed by atoms with Crippen LogP contribution in [-0.4, -0.2) is 35.5 Å². The Morgan fingerprint density at radius 1 is 1.27 bits per heavy atom. The highest BCUT2D eigenvalue weighted by atomic mass is 19.1. The van der Waals surface area contributed by atoms with Gasteiger partial charge >= 0.3 is 0 Å². The van der Waals surface area contributed by atoms with E-state index in [0.717, 1.165) is 36.3 Å². The number of carbonyl (C=O) groups excluding carboxylic acids is 1. The minimum Gasteiger partial charge on any atom is -0.355 e. The third-order valence-electron chi connectivity index (χ3n) is 4.65. The topological polar surface area (TPSA) is 58.1 Å². The van der Waals surface area contributed by atoms with E-state index < -0.39 is 0 Å². The highest BCUT2D eigenvalue weighted by Crippen LogP contribution is 2.21. The third kappa shape index (κ3) is 4.77. The van der Waals surface area contributed by atoms with Crippen molar-refractivity contribution in [2.75, 3.05) is 24.5 Å². The van der Waals surface area contributed by atoms with Gasteiger partial charge in [0.15, 0.2) is 0 Å². The Hall–Kier alpha value is -2.50. The van der Waals surface area contributed by atoms with Gasteiger partial charge in [-0.05, 0) is 56.9 Å². The number of nitrogens with one attached hydrogen (secondary N) is 1. The summed E-state index contributed by atoms with van der Waals surface area (Å²) in [4.78, 5) is 23.6. The highest BCUT2D eigenvalue weighted by molar-refractivity contribution is 5.79. The molecule has 0 spiro atoms. The lowest BCUT2D eigenvalue weighted by molar-refractivity contribution is -0.125. The molecule has 2 heterocycles. The third-order valence-corrected chi connectivity index (χ3v) is 4.65. The van der Waals surface area contributed by atoms with Crippen LogP contribution in [0.2, 0.25) is 0 Å². The van der Waals surface area contributed by atoms with Crippen molar-refractivity contribution in [3.8, 4) is 0 Å². The van der Waals surface area contributed by atoms with E-state index >= 15 is 0 Å². The summed E-state index contributed by atoms with van der Waals surface area (Å²) in [5.74, 6) is 0.445. The summed E-state index contributed by atoms with van der Waals surface area (Å²) >= 11 is 0. The molecule has 0 saturated carbocycles. The van der Waals surface area contributed by atoms with Crippen LogP contribution in [-0.2, 0) is 11.2 Å². The first-order valence-corrected chi connectivity index (χ1v) is 9.10. The van der Waals surface area contributed by atoms with Gasteiger partial charge in [0.1, 0.15) is 5.82 Å². The molecule has 2 aromatic rings. The maximum Gasteiger partial charge on any atom is 0.225 e. The van der Waals surface area contributed by atoms with Crippen LogP contribution in [0, 0.1) is 25.6 Å². The number of benzene rings is 1. The molecule has 1 aromatic carbocycles. The highest BCUT2D eigenvalue weighted by Gasteiger charge is 2.27. The number of carbonyl (C=O) groups is 1. The average Bonchev–Trinajstić information content (AvgIpc) is 2.61. The summed E-state index contributed by atoms with van der Waals surface area (Å²) in [6, 6.07) is 8.44. The Morgan fingerprint density at radius 2 is 2.04 bits per heavy atom. The number of hydrogen-bond acceptors (Lipinski definition) is 4. The molecule has 1 aromatic heterocycles. The normalized spacial score (nSPS) is 17.2. The van der Waals surface area contributed by atoms with Crippen LogP contribution in [0.15, 0.2) is 30.3 Å². The lowest BCUT2D eigenvalue weighted by atomic mass is 9.97. The fourth-order valence-electron chi connectivity index (χ4n) is 3.39. The maximum absolute atomic E-state index is 13.2. The van der Waals surface area contributed by atoms with E-state index in [9.17, 15) is 9.18 Å². The van der Waals surface area contributed by atoms with Crippen LogP contribution >= 0.6 is 0 Å². The van der Waals surface area contributed by atoms with Gasteiger partial charge in [0.2, 0.25) is 11.9 Å². The molecule has 6 heteroatoms. The van der Waals surface area contributed by atoms with Gasteiger partial charge in [-0.2, -0.15) is 0 Å². The van der Waals surface area contributed by atoms with Crippen LogP contribution in [0.4, 0.5) is 10.3 Å². The summed E-state index contributed by atoms with van der Waals surface area (Å²) < 4.78 is 13.2. The second-order valence-corrected chi connectivity index (χ2v) is 6.91. The molecule has 0 bridgehead atoms. The van der Waals surface area contributed by atoms with Gasteiger partial charge in [-0.15, -0.1) is 0 Å². The van der Waals surface area contributed by atoms with Crippen molar-refractivity contribution in [2.24, 2.45) is 5.92 Å². The number of nitrogens with zero attached hydrogens (tertiary/aromatic N) is 3. The SMILES string of the molecule is Cc1cc(C)nc(N2CCC[C@@H](C(=O)NCCc3cccc(F)c3)C2)n1. The predicted molar refractivity (Wildman–Crippen MR) is 99.6 cm³/mol. The van der Waals surface area contributed by atoms with Crippen LogP contribution in [0.5, 0.6) is 0 Å². The van der Waals surface area contributed by atoms with Gasteiger partial charge in [-0.1, -0.05) is 12.1 Å². The fourth-order valence-corrected chi connectivity index (χ4v) is 3.39. The number of aromatic nitrogens is 2. The van der Waals surface area contributed by atoms with Crippen LogP contribution in [0.25, 0.3) is 0 Å². The van der Waals surface area contributed by atoms with E-state index in [-0.39, 0.29) is 17.6 Å². The molecule has 1 fully saturated rings. The lowest BCUT2D eigenvalue weighted by Crippen LogP contribution is -2.44. The van der Waals surface area contributed by atoms with Gasteiger partial charge in [0, 0.05) is 31.0 Å². The molecule has 0 radical (unpaired) electrons. The van der Waals surface area contributed by atoms with Gasteiger partial charge in [-0.3, -0.25) is 4.79 Å². The van der Waals surface area contributed by atoms with Crippen molar-refractivity contribution in [1.82, 2.24) is 15.3 Å². The molecule has 3 rings (SSSR count). The van der Waals surface area contributed by atoms with Crippen LogP contribution in [0.3, 0.4) is 0 Å². The van der Waals surface area contributed by atoms with Gasteiger partial charge < -0.3 is 10.2 Å². The van der Waals surface area contributed by atoms with Gasteiger partial charge in [-0.25, -0.2) is 14.4 Å². The minimum absolute atomic E-state index is 0.0514. The number of aryl methyl sites for hydroxylation is 2. The molecule has 1 N–H and O–H groups in total. The Bertz CT molecular complexity index is 760. The minimum atomic E-state index is -0.245. The molecular weight excluding hydrogens is 331 g/mol. The summed E-state index contributed by atoms with van der Waals surface area (Å²) in [6.07, 6.45) is 2.44. The largest absolute Gasteiger partial charge is 0.355 e. The van der Waals surface area contributed by atoms with Gasteiger partial charge in [0.05, 0.1) is 5.92 Å². The molecule has 0 aliphatic carbocycles. The molecule has 26 heavy (non-hydrogen) atoms. The summed E-state index contributed by atoms with van der Waals surface area (Å²) in [6.45, 7) is 5.93. The molecule has 1 saturated heterocycles. The Balaban J connectivity index is 1.54. The number of halogens is 1. The number of hydrogen-bond donors (Lipinski definition) is 1. The Labute approximate surface area is 153 Å². The molecule has 1 aliphatic rings. The van der Waals surface area contributed by atoms with Gasteiger partial charge in [0.25, 0.3) is 0 Å². The first-order chi connectivity index (χ1) is 12.5. The second-order valence-electron chi connectivity index (χ2n) is 6.91. The zero-order chi connectivity index (χ0) is 18.5. The Morgan fingerprint density at radius 3 is 2.77 bits per heavy atom. The predicted octanol–water partition coefficient (Wildman–Crippen LogP) is 2.81. The van der Waals surface area contributed by atoms with E-state index in [1.165, 1.54) is 12.1 Å². The first kappa shape index (κ1) is 18.3. The summed E-state index contributed by atoms with van der Waals surface area (Å²) in [5.41, 5.74) is 2.77. The molecule has 0 unspecified atom stereocenters. The fraction of sp³-hybridized carbons (Fsp3) is 0.450. The van der Waals surface area contributed by atoms with Crippen molar-refractivity contribution in [3.63, 3.8) is 0 Å². The molecule has 5 nitrogen and oxygen atoms in total. The number of rotatable bonds is 5. The second kappa shape index (κ2) is 8.25. The number of amides is 1. The van der Waals surface area contributed by atoms with Crippen LogP contribution < -0.4 is 10.2 Å². The van der Waals surface area contributed by atoms with E-state index in [4.69, 9.17) is 0 Å². The van der Waals surface area contributed by atoms with Crippen molar-refractivity contribution < 1.29 is 9.18 Å². The van der Waals surface area contributed by atoms with Crippen molar-refractivity contribution in [1.29, 1.82) is 0 Å². The average molecular weight is 356 g/mol. The maximum atomic E-state index is 13.2. The Kier molecular flexibility index (Phi) is 5.81. The zero-order valence-electron chi connectivity index (χ0n) is 15.3. The van der Waals surface area contributed by atoms with Crippen molar-refractivity contribution >= 4 is 11.9 Å². The van der Waals surface area contributed by atoms with Crippen molar-refractivity contribution in [2.45, 2.75) is 33.1 Å². The summed E-state index contributed by atoms with van der Waals surface area (Å²) in [5, 5.41) is 2.99.